The number of nitrogens with zero attached hydrogens (tertiary/aromatic N) is 2. The molecule has 2 rings (SSSR count). The van der Waals surface area contributed by atoms with Crippen molar-refractivity contribution in [2.45, 2.75) is 12.4 Å². The summed E-state index contributed by atoms with van der Waals surface area (Å²) in [5, 5.41) is 0.753. The van der Waals surface area contributed by atoms with Crippen LogP contribution in [0.3, 0.4) is 0 Å². The maximum atomic E-state index is 5.97. The summed E-state index contributed by atoms with van der Waals surface area (Å²) >= 11 is 11.8. The number of hydrogen-bond acceptors (Lipinski definition) is 2. The van der Waals surface area contributed by atoms with Crippen molar-refractivity contribution < 1.29 is 0 Å². The van der Waals surface area contributed by atoms with Gasteiger partial charge in [0.15, 0.2) is 0 Å². The maximum absolute atomic E-state index is 5.97. The van der Waals surface area contributed by atoms with Crippen LogP contribution in [-0.2, 0) is 12.4 Å². The molecule has 0 aliphatic carbocycles. The van der Waals surface area contributed by atoms with Crippen LogP contribution in [0.1, 0.15) is 11.1 Å². The first-order valence-electron chi connectivity index (χ1n) is 5.65. The van der Waals surface area contributed by atoms with Crippen LogP contribution in [0.2, 0.25) is 5.02 Å². The van der Waals surface area contributed by atoms with Crippen LogP contribution >= 0.6 is 23.2 Å². The molecule has 4 heteroatoms. The predicted molar refractivity (Wildman–Crippen MR) is 77.4 cm³/mol. The average molecular weight is 281 g/mol. The van der Waals surface area contributed by atoms with E-state index in [2.05, 4.69) is 9.88 Å². The number of hydrogen-bond donors (Lipinski definition) is 0. The van der Waals surface area contributed by atoms with Gasteiger partial charge in [-0.25, -0.2) is 4.98 Å². The fourth-order valence-corrected chi connectivity index (χ4v) is 2.12. The second-order valence-electron chi connectivity index (χ2n) is 4.14. The molecular weight excluding hydrogens is 267 g/mol. The third-order valence-corrected chi connectivity index (χ3v) is 3.21. The number of halogens is 2. The smallest absolute Gasteiger partial charge is 0.128 e. The number of rotatable bonds is 4. The van der Waals surface area contributed by atoms with E-state index in [4.69, 9.17) is 23.2 Å². The minimum absolute atomic E-state index is 0.501. The molecule has 0 spiro atoms. The molecule has 1 heterocycles. The van der Waals surface area contributed by atoms with Gasteiger partial charge in [0.25, 0.3) is 0 Å². The van der Waals surface area contributed by atoms with Crippen molar-refractivity contribution in [2.75, 3.05) is 11.9 Å². The fraction of sp³-hybridized carbons (Fsp3) is 0.214. The van der Waals surface area contributed by atoms with Crippen LogP contribution in [0, 0.1) is 0 Å². The molecule has 18 heavy (non-hydrogen) atoms. The van der Waals surface area contributed by atoms with Crippen molar-refractivity contribution in [3.05, 3.63) is 58.7 Å². The van der Waals surface area contributed by atoms with Crippen molar-refractivity contribution in [2.24, 2.45) is 0 Å². The van der Waals surface area contributed by atoms with Gasteiger partial charge < -0.3 is 4.90 Å². The molecule has 0 saturated carbocycles. The number of aromatic nitrogens is 1. The van der Waals surface area contributed by atoms with E-state index in [1.165, 1.54) is 0 Å². The molecule has 0 unspecified atom stereocenters. The lowest BCUT2D eigenvalue weighted by Crippen LogP contribution is -2.17. The Morgan fingerprint density at radius 2 is 2.00 bits per heavy atom. The third-order valence-electron chi connectivity index (χ3n) is 2.66. The van der Waals surface area contributed by atoms with Gasteiger partial charge >= 0.3 is 0 Å². The molecule has 2 nitrogen and oxygen atoms in total. The van der Waals surface area contributed by atoms with Gasteiger partial charge in [0.1, 0.15) is 5.82 Å². The molecular formula is C14H14Cl2N2. The van der Waals surface area contributed by atoms with Crippen LogP contribution < -0.4 is 4.90 Å². The Morgan fingerprint density at radius 3 is 2.72 bits per heavy atom. The molecule has 0 bridgehead atoms. The first-order valence-corrected chi connectivity index (χ1v) is 6.57. The molecule has 94 valence electrons. The van der Waals surface area contributed by atoms with Crippen LogP contribution in [0.5, 0.6) is 0 Å². The SMILES string of the molecule is CN(Cc1cccc(Cl)c1)c1cc(CCl)ccn1. The molecule has 0 radical (unpaired) electrons. The molecule has 2 aromatic rings. The van der Waals surface area contributed by atoms with Gasteiger partial charge in [-0.05, 0) is 35.4 Å². The lowest BCUT2D eigenvalue weighted by Gasteiger charge is -2.18. The highest BCUT2D eigenvalue weighted by Gasteiger charge is 2.04. The van der Waals surface area contributed by atoms with E-state index in [0.29, 0.717) is 5.88 Å². The van der Waals surface area contributed by atoms with Gasteiger partial charge in [-0.2, -0.15) is 0 Å². The summed E-state index contributed by atoms with van der Waals surface area (Å²) in [6, 6.07) is 11.8. The largest absolute Gasteiger partial charge is 0.355 e. The first-order chi connectivity index (χ1) is 8.69. The second kappa shape index (κ2) is 6.07. The summed E-state index contributed by atoms with van der Waals surface area (Å²) in [4.78, 5) is 6.41. The third kappa shape index (κ3) is 3.37. The van der Waals surface area contributed by atoms with Gasteiger partial charge in [-0.1, -0.05) is 23.7 Å². The van der Waals surface area contributed by atoms with E-state index in [1.54, 1.807) is 6.20 Å². The Labute approximate surface area is 117 Å². The minimum Gasteiger partial charge on any atom is -0.355 e. The Hall–Kier alpha value is -1.25. The Morgan fingerprint density at radius 1 is 1.17 bits per heavy atom. The highest BCUT2D eigenvalue weighted by molar-refractivity contribution is 6.30. The summed E-state index contributed by atoms with van der Waals surface area (Å²) in [5.74, 6) is 1.41. The highest BCUT2D eigenvalue weighted by atomic mass is 35.5. The highest BCUT2D eigenvalue weighted by Crippen LogP contribution is 2.17. The molecule has 0 N–H and O–H groups in total. The van der Waals surface area contributed by atoms with E-state index in [9.17, 15) is 0 Å². The summed E-state index contributed by atoms with van der Waals surface area (Å²) in [6.07, 6.45) is 1.78. The number of anilines is 1. The van der Waals surface area contributed by atoms with Crippen LogP contribution in [0.4, 0.5) is 5.82 Å². The van der Waals surface area contributed by atoms with E-state index in [1.807, 2.05) is 43.4 Å². The molecule has 0 fully saturated rings. The summed E-state index contributed by atoms with van der Waals surface area (Å²) < 4.78 is 0. The van der Waals surface area contributed by atoms with E-state index >= 15 is 0 Å². The standard InChI is InChI=1S/C14H14Cl2N2/c1-18(10-12-3-2-4-13(16)7-12)14-8-11(9-15)5-6-17-14/h2-8H,9-10H2,1H3. The van der Waals surface area contributed by atoms with Crippen molar-refractivity contribution in [3.8, 4) is 0 Å². The van der Waals surface area contributed by atoms with Gasteiger partial charge in [0.2, 0.25) is 0 Å². The van der Waals surface area contributed by atoms with Crippen molar-refractivity contribution >= 4 is 29.0 Å². The summed E-state index contributed by atoms with van der Waals surface area (Å²) in [6.45, 7) is 0.763. The number of alkyl halides is 1. The summed E-state index contributed by atoms with van der Waals surface area (Å²) in [5.41, 5.74) is 2.22. The fourth-order valence-electron chi connectivity index (χ4n) is 1.74. The van der Waals surface area contributed by atoms with Crippen LogP contribution in [0.15, 0.2) is 42.6 Å². The van der Waals surface area contributed by atoms with Gasteiger partial charge in [-0.15, -0.1) is 11.6 Å². The Kier molecular flexibility index (Phi) is 4.45. The van der Waals surface area contributed by atoms with Crippen LogP contribution in [-0.4, -0.2) is 12.0 Å². The zero-order valence-electron chi connectivity index (χ0n) is 10.1. The molecule has 0 amide bonds. The molecule has 0 aliphatic heterocycles. The maximum Gasteiger partial charge on any atom is 0.128 e. The molecule has 1 aromatic heterocycles. The molecule has 1 aromatic carbocycles. The van der Waals surface area contributed by atoms with Gasteiger partial charge in [-0.3, -0.25) is 0 Å². The van der Waals surface area contributed by atoms with E-state index < -0.39 is 0 Å². The molecule has 0 aliphatic rings. The van der Waals surface area contributed by atoms with Crippen LogP contribution in [0.25, 0.3) is 0 Å². The zero-order chi connectivity index (χ0) is 13.0. The lowest BCUT2D eigenvalue weighted by molar-refractivity contribution is 0.896. The normalized spacial score (nSPS) is 10.4. The topological polar surface area (TPSA) is 16.1 Å². The van der Waals surface area contributed by atoms with E-state index in [0.717, 1.165) is 28.5 Å². The monoisotopic (exact) mass is 280 g/mol. The van der Waals surface area contributed by atoms with Crippen molar-refractivity contribution in [1.82, 2.24) is 4.98 Å². The van der Waals surface area contributed by atoms with Gasteiger partial charge in [0.05, 0.1) is 0 Å². The number of benzene rings is 1. The quantitative estimate of drug-likeness (QED) is 0.784. The van der Waals surface area contributed by atoms with Gasteiger partial charge in [0, 0.05) is 30.7 Å². The minimum atomic E-state index is 0.501. The summed E-state index contributed by atoms with van der Waals surface area (Å²) in [7, 11) is 2.00. The Bertz CT molecular complexity index is 529. The molecule has 0 atom stereocenters. The van der Waals surface area contributed by atoms with E-state index in [-0.39, 0.29) is 0 Å². The molecule has 0 saturated heterocycles. The zero-order valence-corrected chi connectivity index (χ0v) is 11.6. The van der Waals surface area contributed by atoms with Crippen molar-refractivity contribution in [3.63, 3.8) is 0 Å². The van der Waals surface area contributed by atoms with Crippen molar-refractivity contribution in [1.29, 1.82) is 0 Å². The lowest BCUT2D eigenvalue weighted by atomic mass is 10.2. The Balaban J connectivity index is 2.13. The average Bonchev–Trinajstić information content (AvgIpc) is 2.39. The predicted octanol–water partition coefficient (Wildman–Crippen LogP) is 4.11. The number of pyridine rings is 1. The first kappa shape index (κ1) is 13.2. The second-order valence-corrected chi connectivity index (χ2v) is 4.85.